The summed E-state index contributed by atoms with van der Waals surface area (Å²) in [6.45, 7) is 11.9. The molecule has 1 saturated heterocycles. The first-order valence-corrected chi connectivity index (χ1v) is 6.89. The molecule has 1 atom stereocenters. The van der Waals surface area contributed by atoms with Crippen molar-refractivity contribution in [3.05, 3.63) is 12.2 Å². The van der Waals surface area contributed by atoms with Gasteiger partial charge in [0.1, 0.15) is 0 Å². The summed E-state index contributed by atoms with van der Waals surface area (Å²) in [4.78, 5) is 4.89. The van der Waals surface area contributed by atoms with E-state index in [1.807, 2.05) is 0 Å². The van der Waals surface area contributed by atoms with Crippen molar-refractivity contribution in [3.8, 4) is 0 Å². The predicted molar refractivity (Wildman–Crippen MR) is 75.4 cm³/mol. The third kappa shape index (κ3) is 5.66. The molecule has 17 heavy (non-hydrogen) atoms. The number of likely N-dealkylation sites (N-methyl/N-ethyl adjacent to an activating group) is 1. The van der Waals surface area contributed by atoms with E-state index in [9.17, 15) is 0 Å². The summed E-state index contributed by atoms with van der Waals surface area (Å²) >= 11 is 0. The first-order chi connectivity index (χ1) is 8.13. The third-order valence-corrected chi connectivity index (χ3v) is 3.30. The van der Waals surface area contributed by atoms with E-state index in [1.54, 1.807) is 0 Å². The summed E-state index contributed by atoms with van der Waals surface area (Å²) in [5.41, 5.74) is 1.32. The van der Waals surface area contributed by atoms with E-state index < -0.39 is 0 Å². The minimum Gasteiger partial charge on any atom is -0.313 e. The molecule has 1 rings (SSSR count). The van der Waals surface area contributed by atoms with Crippen LogP contribution in [0.15, 0.2) is 12.2 Å². The standard InChI is InChI=1S/C14H29N3/c1-5-8-15-10-13(2)11-17-9-6-7-14(17)12-16(3)4/h14-15H,2,5-12H2,1,3-4H3. The van der Waals surface area contributed by atoms with E-state index in [1.165, 1.54) is 37.9 Å². The first-order valence-electron chi connectivity index (χ1n) is 6.89. The van der Waals surface area contributed by atoms with Gasteiger partial charge in [0.25, 0.3) is 0 Å². The summed E-state index contributed by atoms with van der Waals surface area (Å²) in [6, 6.07) is 0.730. The quantitative estimate of drug-likeness (QED) is 0.512. The molecule has 0 amide bonds. The van der Waals surface area contributed by atoms with Gasteiger partial charge in [-0.25, -0.2) is 0 Å². The molecule has 1 unspecified atom stereocenters. The van der Waals surface area contributed by atoms with Crippen LogP contribution in [0.4, 0.5) is 0 Å². The molecular weight excluding hydrogens is 210 g/mol. The van der Waals surface area contributed by atoms with E-state index in [-0.39, 0.29) is 0 Å². The van der Waals surface area contributed by atoms with Crippen LogP contribution in [-0.2, 0) is 0 Å². The lowest BCUT2D eigenvalue weighted by Crippen LogP contribution is -2.39. The van der Waals surface area contributed by atoms with E-state index in [2.05, 4.69) is 42.7 Å². The van der Waals surface area contributed by atoms with Crippen LogP contribution in [0.5, 0.6) is 0 Å². The lowest BCUT2D eigenvalue weighted by molar-refractivity contribution is 0.220. The largest absolute Gasteiger partial charge is 0.313 e. The molecule has 3 heteroatoms. The maximum absolute atomic E-state index is 4.19. The van der Waals surface area contributed by atoms with E-state index in [0.717, 1.165) is 25.7 Å². The van der Waals surface area contributed by atoms with Gasteiger partial charge in [-0.05, 0) is 52.0 Å². The highest BCUT2D eigenvalue weighted by Gasteiger charge is 2.24. The number of likely N-dealkylation sites (tertiary alicyclic amines) is 1. The monoisotopic (exact) mass is 239 g/mol. The maximum Gasteiger partial charge on any atom is 0.0226 e. The van der Waals surface area contributed by atoms with Gasteiger partial charge in [-0.1, -0.05) is 13.5 Å². The van der Waals surface area contributed by atoms with Crippen LogP contribution in [0, 0.1) is 0 Å². The highest BCUT2D eigenvalue weighted by molar-refractivity contribution is 5.02. The van der Waals surface area contributed by atoms with Crippen LogP contribution in [0.2, 0.25) is 0 Å². The maximum atomic E-state index is 4.19. The average Bonchev–Trinajstić information content (AvgIpc) is 2.65. The molecule has 1 aliphatic rings. The van der Waals surface area contributed by atoms with Gasteiger partial charge in [-0.2, -0.15) is 0 Å². The van der Waals surface area contributed by atoms with Crippen molar-refractivity contribution in [1.82, 2.24) is 15.1 Å². The van der Waals surface area contributed by atoms with Crippen molar-refractivity contribution in [2.24, 2.45) is 0 Å². The summed E-state index contributed by atoms with van der Waals surface area (Å²) in [7, 11) is 4.32. The van der Waals surface area contributed by atoms with Crippen LogP contribution in [0.25, 0.3) is 0 Å². The molecule has 0 spiro atoms. The summed E-state index contributed by atoms with van der Waals surface area (Å²) in [6.07, 6.45) is 3.88. The van der Waals surface area contributed by atoms with Crippen LogP contribution < -0.4 is 5.32 Å². The Labute approximate surface area is 107 Å². The fourth-order valence-corrected chi connectivity index (χ4v) is 2.52. The number of hydrogen-bond donors (Lipinski definition) is 1. The van der Waals surface area contributed by atoms with Gasteiger partial charge >= 0.3 is 0 Å². The Morgan fingerprint density at radius 2 is 2.24 bits per heavy atom. The van der Waals surface area contributed by atoms with E-state index in [4.69, 9.17) is 0 Å². The minimum absolute atomic E-state index is 0.730. The molecule has 0 aromatic rings. The van der Waals surface area contributed by atoms with Gasteiger partial charge in [-0.3, -0.25) is 4.90 Å². The second kappa shape index (κ2) is 7.85. The van der Waals surface area contributed by atoms with E-state index in [0.29, 0.717) is 0 Å². The van der Waals surface area contributed by atoms with Crippen LogP contribution >= 0.6 is 0 Å². The molecule has 0 bridgehead atoms. The Kier molecular flexibility index (Phi) is 6.78. The average molecular weight is 239 g/mol. The Morgan fingerprint density at radius 3 is 2.88 bits per heavy atom. The summed E-state index contributed by atoms with van der Waals surface area (Å²) in [5, 5.41) is 3.43. The molecule has 0 aromatic heterocycles. The number of hydrogen-bond acceptors (Lipinski definition) is 3. The minimum atomic E-state index is 0.730. The Morgan fingerprint density at radius 1 is 1.47 bits per heavy atom. The first kappa shape index (κ1) is 14.7. The fourth-order valence-electron chi connectivity index (χ4n) is 2.52. The van der Waals surface area contributed by atoms with Gasteiger partial charge in [0, 0.05) is 25.7 Å². The topological polar surface area (TPSA) is 18.5 Å². The zero-order valence-electron chi connectivity index (χ0n) is 11.8. The number of nitrogens with zero attached hydrogens (tertiary/aromatic N) is 2. The second-order valence-corrected chi connectivity index (χ2v) is 5.46. The lowest BCUT2D eigenvalue weighted by Gasteiger charge is -2.27. The molecule has 1 aliphatic heterocycles. The molecule has 0 saturated carbocycles. The summed E-state index contributed by atoms with van der Waals surface area (Å²) < 4.78 is 0. The Bertz CT molecular complexity index is 226. The van der Waals surface area contributed by atoms with Crippen molar-refractivity contribution in [1.29, 1.82) is 0 Å². The Hall–Kier alpha value is -0.380. The van der Waals surface area contributed by atoms with Crippen molar-refractivity contribution in [3.63, 3.8) is 0 Å². The molecule has 1 N–H and O–H groups in total. The number of nitrogens with one attached hydrogen (secondary N) is 1. The normalized spacial score (nSPS) is 21.3. The third-order valence-electron chi connectivity index (χ3n) is 3.30. The van der Waals surface area contributed by atoms with E-state index >= 15 is 0 Å². The summed E-state index contributed by atoms with van der Waals surface area (Å²) in [5.74, 6) is 0. The zero-order chi connectivity index (χ0) is 12.7. The fraction of sp³-hybridized carbons (Fsp3) is 0.857. The van der Waals surface area contributed by atoms with Gasteiger partial charge in [-0.15, -0.1) is 0 Å². The predicted octanol–water partition coefficient (Wildman–Crippen LogP) is 1.57. The van der Waals surface area contributed by atoms with Crippen LogP contribution in [0.1, 0.15) is 26.2 Å². The molecular formula is C14H29N3. The molecule has 0 radical (unpaired) electrons. The van der Waals surface area contributed by atoms with Crippen LogP contribution in [-0.4, -0.2) is 62.7 Å². The molecule has 1 fully saturated rings. The molecule has 3 nitrogen and oxygen atoms in total. The highest BCUT2D eigenvalue weighted by atomic mass is 15.2. The SMILES string of the molecule is C=C(CNCCC)CN1CCCC1CN(C)C. The molecule has 0 aromatic carbocycles. The lowest BCUT2D eigenvalue weighted by atomic mass is 10.2. The van der Waals surface area contributed by atoms with Crippen molar-refractivity contribution < 1.29 is 0 Å². The zero-order valence-corrected chi connectivity index (χ0v) is 11.8. The smallest absolute Gasteiger partial charge is 0.0226 e. The van der Waals surface area contributed by atoms with Gasteiger partial charge in [0.15, 0.2) is 0 Å². The van der Waals surface area contributed by atoms with Crippen molar-refractivity contribution in [2.75, 3.05) is 46.8 Å². The molecule has 0 aliphatic carbocycles. The second-order valence-electron chi connectivity index (χ2n) is 5.46. The van der Waals surface area contributed by atoms with Gasteiger partial charge < -0.3 is 10.2 Å². The van der Waals surface area contributed by atoms with Gasteiger partial charge in [0.05, 0.1) is 0 Å². The van der Waals surface area contributed by atoms with Crippen LogP contribution in [0.3, 0.4) is 0 Å². The van der Waals surface area contributed by atoms with Crippen molar-refractivity contribution in [2.45, 2.75) is 32.2 Å². The number of rotatable bonds is 8. The van der Waals surface area contributed by atoms with Crippen molar-refractivity contribution >= 4 is 0 Å². The molecule has 1 heterocycles. The van der Waals surface area contributed by atoms with Gasteiger partial charge in [0.2, 0.25) is 0 Å². The highest BCUT2D eigenvalue weighted by Crippen LogP contribution is 2.18. The Balaban J connectivity index is 2.26. The molecule has 100 valence electrons.